The number of carbonyl (C=O) groups is 7. The molecule has 20 heteroatoms. The van der Waals surface area contributed by atoms with Crippen molar-refractivity contribution in [2.24, 2.45) is 17.8 Å². The lowest BCUT2D eigenvalue weighted by Gasteiger charge is -2.39. The number of likely N-dealkylation sites (tertiary alicyclic amines) is 1. The summed E-state index contributed by atoms with van der Waals surface area (Å²) in [6, 6.07) is 12.5. The van der Waals surface area contributed by atoms with Gasteiger partial charge < -0.3 is 25.0 Å². The van der Waals surface area contributed by atoms with Crippen LogP contribution < -0.4 is 26.0 Å². The molecule has 0 spiro atoms. The highest BCUT2D eigenvalue weighted by molar-refractivity contribution is 8.00. The number of benzene rings is 2. The van der Waals surface area contributed by atoms with Crippen molar-refractivity contribution < 1.29 is 51.5 Å². The van der Waals surface area contributed by atoms with Gasteiger partial charge in [0.15, 0.2) is 0 Å². The molecule has 18 nitrogen and oxygen atoms in total. The van der Waals surface area contributed by atoms with Gasteiger partial charge in [0.05, 0.1) is 36.4 Å². The highest BCUT2D eigenvalue weighted by Crippen LogP contribution is 2.39. The van der Waals surface area contributed by atoms with Gasteiger partial charge in [-0.1, -0.05) is 62.4 Å². The molecule has 5 unspecified atom stereocenters. The van der Waals surface area contributed by atoms with Gasteiger partial charge >= 0.3 is 0 Å². The summed E-state index contributed by atoms with van der Waals surface area (Å²) < 4.78 is 38.6. The topological polar surface area (TPSA) is 230 Å². The Morgan fingerprint density at radius 2 is 1.66 bits per heavy atom. The minimum atomic E-state index is -3.52. The molecule has 7 amide bonds. The van der Waals surface area contributed by atoms with Crippen LogP contribution in [0.25, 0.3) is 0 Å². The van der Waals surface area contributed by atoms with Crippen LogP contribution in [-0.4, -0.2) is 139 Å². The first-order valence-electron chi connectivity index (χ1n) is 22.6. The fourth-order valence-electron chi connectivity index (χ4n) is 9.81. The molecule has 6 atom stereocenters. The van der Waals surface area contributed by atoms with E-state index in [0.29, 0.717) is 31.8 Å². The van der Waals surface area contributed by atoms with E-state index in [-0.39, 0.29) is 104 Å². The largest absolute Gasteiger partial charge is 0.487 e. The van der Waals surface area contributed by atoms with Crippen LogP contribution in [0.4, 0.5) is 0 Å². The van der Waals surface area contributed by atoms with Gasteiger partial charge in [-0.3, -0.25) is 49.1 Å². The average Bonchev–Trinajstić information content (AvgIpc) is 4.00. The Kier molecular flexibility index (Phi) is 14.6. The Balaban J connectivity index is 0.801. The zero-order chi connectivity index (χ0) is 45.8. The van der Waals surface area contributed by atoms with Gasteiger partial charge in [0.1, 0.15) is 29.4 Å². The summed E-state index contributed by atoms with van der Waals surface area (Å²) in [5, 5.41) is 11.7. The molecule has 6 aliphatic rings. The molecular weight excluding hydrogens is 879 g/mol. The van der Waals surface area contributed by atoms with Crippen LogP contribution in [0, 0.1) is 17.8 Å². The number of hydrogen-bond acceptors (Lipinski definition) is 13. The van der Waals surface area contributed by atoms with Crippen molar-refractivity contribution in [1.82, 2.24) is 35.4 Å². The maximum absolute atomic E-state index is 14.1. The van der Waals surface area contributed by atoms with Crippen molar-refractivity contribution in [3.63, 3.8) is 0 Å². The van der Waals surface area contributed by atoms with Crippen LogP contribution in [0.2, 0.25) is 0 Å². The third-order valence-electron chi connectivity index (χ3n) is 13.4. The number of rotatable bonds is 17. The Morgan fingerprint density at radius 1 is 0.908 bits per heavy atom. The van der Waals surface area contributed by atoms with E-state index in [2.05, 4.69) is 21.3 Å². The molecule has 8 rings (SSSR count). The number of amides is 7. The highest BCUT2D eigenvalue weighted by atomic mass is 32.2. The van der Waals surface area contributed by atoms with Gasteiger partial charge in [0, 0.05) is 50.9 Å². The summed E-state index contributed by atoms with van der Waals surface area (Å²) in [6.07, 6.45) is 6.86. The lowest BCUT2D eigenvalue weighted by atomic mass is 9.75. The Labute approximate surface area is 382 Å². The quantitative estimate of drug-likeness (QED) is 0.132. The average molecular weight is 936 g/mol. The van der Waals surface area contributed by atoms with Gasteiger partial charge in [-0.2, -0.15) is 0 Å². The number of thioether (sulfide) groups is 1. The maximum atomic E-state index is 14.1. The highest BCUT2D eigenvalue weighted by Gasteiger charge is 2.47. The normalized spacial score (nSPS) is 25.8. The second-order valence-electron chi connectivity index (χ2n) is 17.9. The first kappa shape index (κ1) is 46.6. The SMILES string of the molecule is CS(=O)(=O)N1CC(C(=O)N[C@@H](CCOCCCC(=O)N2CC(Oc3ccc4c(c3)C(=O)N(C3CCC(=O)NC3=O)C4=O)C2)C(=O)NC2NC(c3ccccc3)CS2)C(C2CCCCC2)C1. The number of hydrogen-bond donors (Lipinski definition) is 4. The fourth-order valence-corrected chi connectivity index (χ4v) is 11.8. The first-order valence-corrected chi connectivity index (χ1v) is 25.5. The predicted molar refractivity (Wildman–Crippen MR) is 237 cm³/mol. The van der Waals surface area contributed by atoms with Gasteiger partial charge in [-0.05, 0) is 54.9 Å². The molecule has 4 N–H and O–H groups in total. The van der Waals surface area contributed by atoms with Crippen molar-refractivity contribution in [1.29, 1.82) is 0 Å². The van der Waals surface area contributed by atoms with E-state index < -0.39 is 51.7 Å². The monoisotopic (exact) mass is 935 g/mol. The third kappa shape index (κ3) is 10.9. The van der Waals surface area contributed by atoms with Crippen molar-refractivity contribution >= 4 is 63.1 Å². The molecule has 2 aromatic carbocycles. The second-order valence-corrected chi connectivity index (χ2v) is 21.0. The standard InChI is InChI=1S/C45H57N7O11S2/c1-65(60,61)51-24-33(27-9-4-2-5-10-27)34(25-51)40(55)46-35(41(56)49-45-47-36(26-64-45)28-11-6-3-7-12-28)18-20-62-19-8-13-39(54)50-22-30(23-50)63-29-14-15-31-32(21-29)44(59)52(43(31)58)37-16-17-38(53)48-42(37)57/h3,6-7,11-12,14-15,21,27,30,33-37,45,47H,2,4-5,8-10,13,16-20,22-26H2,1H3,(H,46,55)(H,49,56)(H,48,53,57)/t33?,34?,35-,36?,37?,45?/m0/s1. The van der Waals surface area contributed by atoms with Crippen LogP contribution in [-0.2, 0) is 38.7 Å². The number of imide groups is 2. The van der Waals surface area contributed by atoms with Crippen LogP contribution in [0.15, 0.2) is 48.5 Å². The Hall–Kier alpha value is -4.89. The zero-order valence-corrected chi connectivity index (χ0v) is 38.0. The number of nitrogens with zero attached hydrogens (tertiary/aromatic N) is 3. The number of carbonyl (C=O) groups excluding carboxylic acids is 7. The van der Waals surface area contributed by atoms with Crippen LogP contribution >= 0.6 is 11.8 Å². The number of sulfonamides is 1. The molecule has 5 heterocycles. The van der Waals surface area contributed by atoms with Gasteiger partial charge in [0.25, 0.3) is 11.8 Å². The molecule has 1 aliphatic carbocycles. The molecule has 0 bridgehead atoms. The zero-order valence-electron chi connectivity index (χ0n) is 36.4. The maximum Gasteiger partial charge on any atom is 0.262 e. The first-order chi connectivity index (χ1) is 31.2. The molecule has 4 saturated heterocycles. The van der Waals surface area contributed by atoms with E-state index in [0.717, 1.165) is 48.3 Å². The third-order valence-corrected chi connectivity index (χ3v) is 15.8. The molecule has 65 heavy (non-hydrogen) atoms. The summed E-state index contributed by atoms with van der Waals surface area (Å²) in [4.78, 5) is 93.7. The summed E-state index contributed by atoms with van der Waals surface area (Å²) in [6.45, 7) is 1.41. The lowest BCUT2D eigenvalue weighted by Crippen LogP contribution is -2.56. The van der Waals surface area contributed by atoms with Crippen molar-refractivity contribution in [3.8, 4) is 5.75 Å². The van der Waals surface area contributed by atoms with Gasteiger partial charge in [-0.25, -0.2) is 12.7 Å². The Bertz CT molecular complexity index is 2270. The van der Waals surface area contributed by atoms with E-state index in [1.165, 1.54) is 22.7 Å². The number of ether oxygens (including phenoxy) is 2. The summed E-state index contributed by atoms with van der Waals surface area (Å²) in [7, 11) is -3.52. The van der Waals surface area contributed by atoms with E-state index >= 15 is 0 Å². The summed E-state index contributed by atoms with van der Waals surface area (Å²) >= 11 is 1.56. The Morgan fingerprint density at radius 3 is 2.40 bits per heavy atom. The van der Waals surface area contributed by atoms with Gasteiger partial charge in [-0.15, -0.1) is 11.8 Å². The van der Waals surface area contributed by atoms with Gasteiger partial charge in [0.2, 0.25) is 39.6 Å². The number of piperidine rings is 1. The molecule has 0 radical (unpaired) electrons. The predicted octanol–water partition coefficient (Wildman–Crippen LogP) is 1.91. The molecule has 350 valence electrons. The smallest absolute Gasteiger partial charge is 0.262 e. The van der Waals surface area contributed by atoms with E-state index in [1.807, 2.05) is 30.3 Å². The fraction of sp³-hybridized carbons (Fsp3) is 0.578. The molecule has 5 aliphatic heterocycles. The van der Waals surface area contributed by atoms with Crippen molar-refractivity contribution in [2.75, 3.05) is 51.4 Å². The van der Waals surface area contributed by atoms with Crippen molar-refractivity contribution in [3.05, 3.63) is 65.2 Å². The van der Waals surface area contributed by atoms with E-state index in [9.17, 15) is 42.0 Å². The van der Waals surface area contributed by atoms with Crippen LogP contribution in [0.5, 0.6) is 5.75 Å². The summed E-state index contributed by atoms with van der Waals surface area (Å²) in [5.41, 5.74) is 0.987. The van der Waals surface area contributed by atoms with E-state index in [4.69, 9.17) is 9.47 Å². The summed E-state index contributed by atoms with van der Waals surface area (Å²) in [5.74, 6) is -2.54. The lowest BCUT2D eigenvalue weighted by molar-refractivity contribution is -0.140. The van der Waals surface area contributed by atoms with E-state index in [1.54, 1.807) is 22.7 Å². The molecular formula is C45H57N7O11S2. The minimum Gasteiger partial charge on any atom is -0.487 e. The minimum absolute atomic E-state index is 0.0251. The molecule has 1 saturated carbocycles. The molecule has 5 fully saturated rings. The van der Waals surface area contributed by atoms with Crippen LogP contribution in [0.3, 0.4) is 0 Å². The number of fused-ring (bicyclic) bond motifs is 1. The second kappa shape index (κ2) is 20.3. The molecule has 2 aromatic rings. The molecule has 0 aromatic heterocycles. The van der Waals surface area contributed by atoms with Crippen LogP contribution in [0.1, 0.15) is 96.5 Å². The number of nitrogens with one attached hydrogen (secondary N) is 4. The van der Waals surface area contributed by atoms with Crippen molar-refractivity contribution in [2.45, 2.75) is 93.9 Å².